The summed E-state index contributed by atoms with van der Waals surface area (Å²) in [7, 11) is 0. The molecular weight excluding hydrogens is 238 g/mol. The number of ether oxygens (including phenoxy) is 1. The van der Waals surface area contributed by atoms with E-state index in [-0.39, 0.29) is 0 Å². The Morgan fingerprint density at radius 2 is 2.24 bits per heavy atom. The van der Waals surface area contributed by atoms with Gasteiger partial charge in [-0.25, -0.2) is 4.79 Å². The Bertz CT molecular complexity index is 432. The number of nitrogens with zero attached hydrogens (tertiary/aromatic N) is 1. The second-order valence-corrected chi connectivity index (χ2v) is 4.48. The molecule has 2 unspecified atom stereocenters. The van der Waals surface area contributed by atoms with Gasteiger partial charge in [-0.15, -0.1) is 0 Å². The van der Waals surface area contributed by atoms with Gasteiger partial charge < -0.3 is 4.74 Å². The quantitative estimate of drug-likeness (QED) is 0.468. The maximum Gasteiger partial charge on any atom is 0.333 e. The smallest absolute Gasteiger partial charge is 0.333 e. The third kappa shape index (κ3) is 3.08. The maximum absolute atomic E-state index is 11.3. The number of carbonyl (C=O) groups excluding carboxylic acids is 1. The number of esters is 1. The van der Waals surface area contributed by atoms with Crippen molar-refractivity contribution >= 4 is 17.6 Å². The van der Waals surface area contributed by atoms with Gasteiger partial charge in [0.05, 0.1) is 6.54 Å². The summed E-state index contributed by atoms with van der Waals surface area (Å²) < 4.78 is 5.29. The molecule has 2 atom stereocenters. The van der Waals surface area contributed by atoms with Crippen LogP contribution in [0.15, 0.2) is 41.9 Å². The minimum Gasteiger partial charge on any atom is -0.439 e. The third-order valence-corrected chi connectivity index (χ3v) is 2.91. The molecular formula is C13H14ClNO2. The number of carbonyl (C=O) groups is 1. The molecule has 0 amide bonds. The summed E-state index contributed by atoms with van der Waals surface area (Å²) in [5.74, 6) is -0.405. The summed E-state index contributed by atoms with van der Waals surface area (Å²) in [6.45, 7) is 3.44. The molecule has 0 saturated carbocycles. The summed E-state index contributed by atoms with van der Waals surface area (Å²) >= 11 is 5.32. The summed E-state index contributed by atoms with van der Waals surface area (Å²) in [5, 5.41) is 0. The molecule has 1 aromatic rings. The van der Waals surface area contributed by atoms with Crippen LogP contribution in [0.3, 0.4) is 0 Å². The average molecular weight is 252 g/mol. The lowest BCUT2D eigenvalue weighted by atomic mass is 10.2. The molecule has 4 heteroatoms. The normalized spacial score (nSPS) is 27.1. The molecule has 1 heterocycles. The van der Waals surface area contributed by atoms with E-state index >= 15 is 0 Å². The van der Waals surface area contributed by atoms with E-state index in [2.05, 4.69) is 17.0 Å². The SMILES string of the molecule is CC1(OC(=O)/C=C/Cl)CN1Cc1ccccc1. The largest absolute Gasteiger partial charge is 0.439 e. The second-order valence-electron chi connectivity index (χ2n) is 4.23. The Labute approximate surface area is 106 Å². The molecule has 2 rings (SSSR count). The van der Waals surface area contributed by atoms with E-state index in [1.165, 1.54) is 11.6 Å². The Kier molecular flexibility index (Phi) is 3.50. The van der Waals surface area contributed by atoms with Crippen molar-refractivity contribution < 1.29 is 9.53 Å². The zero-order valence-corrected chi connectivity index (χ0v) is 10.4. The van der Waals surface area contributed by atoms with E-state index in [1.54, 1.807) is 0 Å². The summed E-state index contributed by atoms with van der Waals surface area (Å²) in [5.41, 5.74) is 1.89. The van der Waals surface area contributed by atoms with Crippen molar-refractivity contribution in [2.45, 2.75) is 19.2 Å². The highest BCUT2D eigenvalue weighted by Gasteiger charge is 2.51. The Hall–Kier alpha value is -1.32. The highest BCUT2D eigenvalue weighted by atomic mass is 35.5. The zero-order valence-electron chi connectivity index (χ0n) is 9.60. The monoisotopic (exact) mass is 251 g/mol. The van der Waals surface area contributed by atoms with Crippen LogP contribution < -0.4 is 0 Å². The van der Waals surface area contributed by atoms with Crippen LogP contribution in [0.1, 0.15) is 12.5 Å². The highest BCUT2D eigenvalue weighted by molar-refractivity contribution is 6.26. The fraction of sp³-hybridized carbons (Fsp3) is 0.308. The average Bonchev–Trinajstić information content (AvgIpc) is 2.90. The molecule has 0 aromatic heterocycles. The number of rotatable bonds is 4. The number of hydrogen-bond acceptors (Lipinski definition) is 3. The van der Waals surface area contributed by atoms with Crippen molar-refractivity contribution in [1.29, 1.82) is 0 Å². The van der Waals surface area contributed by atoms with Crippen LogP contribution in [0.25, 0.3) is 0 Å². The molecule has 0 spiro atoms. The van der Waals surface area contributed by atoms with Gasteiger partial charge in [0.2, 0.25) is 0 Å². The van der Waals surface area contributed by atoms with Gasteiger partial charge in [-0.3, -0.25) is 4.90 Å². The van der Waals surface area contributed by atoms with Crippen molar-refractivity contribution in [2.24, 2.45) is 0 Å². The van der Waals surface area contributed by atoms with Crippen molar-refractivity contribution in [2.75, 3.05) is 6.54 Å². The molecule has 1 aliphatic heterocycles. The fourth-order valence-corrected chi connectivity index (χ4v) is 1.85. The van der Waals surface area contributed by atoms with Gasteiger partial charge in [-0.2, -0.15) is 0 Å². The minimum atomic E-state index is -0.483. The first-order valence-electron chi connectivity index (χ1n) is 5.43. The first-order chi connectivity index (χ1) is 8.14. The van der Waals surface area contributed by atoms with Gasteiger partial charge in [0, 0.05) is 18.2 Å². The van der Waals surface area contributed by atoms with Crippen LogP contribution in [0.4, 0.5) is 0 Å². The Morgan fingerprint density at radius 3 is 2.88 bits per heavy atom. The van der Waals surface area contributed by atoms with Crippen LogP contribution in [-0.4, -0.2) is 23.1 Å². The molecule has 0 radical (unpaired) electrons. The van der Waals surface area contributed by atoms with Gasteiger partial charge in [-0.1, -0.05) is 41.9 Å². The summed E-state index contributed by atoms with van der Waals surface area (Å²) in [4.78, 5) is 13.4. The molecule has 0 N–H and O–H groups in total. The predicted molar refractivity (Wildman–Crippen MR) is 66.3 cm³/mol. The summed E-state index contributed by atoms with van der Waals surface area (Å²) in [6, 6.07) is 10.1. The van der Waals surface area contributed by atoms with E-state index in [1.807, 2.05) is 25.1 Å². The predicted octanol–water partition coefficient (Wildman–Crippen LogP) is 2.51. The van der Waals surface area contributed by atoms with Crippen LogP contribution in [0.2, 0.25) is 0 Å². The van der Waals surface area contributed by atoms with Crippen molar-refractivity contribution in [3.63, 3.8) is 0 Å². The first kappa shape index (κ1) is 12.1. The van der Waals surface area contributed by atoms with E-state index < -0.39 is 11.7 Å². The molecule has 3 nitrogen and oxygen atoms in total. The molecule has 17 heavy (non-hydrogen) atoms. The van der Waals surface area contributed by atoms with E-state index in [0.29, 0.717) is 0 Å². The topological polar surface area (TPSA) is 29.3 Å². The number of halogens is 1. The first-order valence-corrected chi connectivity index (χ1v) is 5.86. The number of benzene rings is 1. The molecule has 0 aliphatic carbocycles. The van der Waals surface area contributed by atoms with Gasteiger partial charge >= 0.3 is 5.97 Å². The van der Waals surface area contributed by atoms with Gasteiger partial charge in [-0.05, 0) is 12.5 Å². The molecule has 1 aromatic carbocycles. The Balaban J connectivity index is 1.89. The van der Waals surface area contributed by atoms with Crippen LogP contribution in [-0.2, 0) is 16.1 Å². The van der Waals surface area contributed by atoms with Crippen molar-refractivity contribution in [3.8, 4) is 0 Å². The van der Waals surface area contributed by atoms with E-state index in [4.69, 9.17) is 16.3 Å². The zero-order chi connectivity index (χ0) is 12.3. The third-order valence-electron chi connectivity index (χ3n) is 2.79. The molecule has 90 valence electrons. The van der Waals surface area contributed by atoms with Crippen LogP contribution in [0, 0.1) is 0 Å². The van der Waals surface area contributed by atoms with Gasteiger partial charge in [0.1, 0.15) is 0 Å². The van der Waals surface area contributed by atoms with Gasteiger partial charge in [0.15, 0.2) is 5.72 Å². The van der Waals surface area contributed by atoms with E-state index in [9.17, 15) is 4.79 Å². The van der Waals surface area contributed by atoms with E-state index in [0.717, 1.165) is 18.6 Å². The fourth-order valence-electron chi connectivity index (χ4n) is 1.74. The summed E-state index contributed by atoms with van der Waals surface area (Å²) in [6.07, 6.45) is 1.21. The number of hydrogen-bond donors (Lipinski definition) is 0. The maximum atomic E-state index is 11.3. The standard InChI is InChI=1S/C13H14ClNO2/c1-13(17-12(16)7-8-14)10-15(13)9-11-5-3-2-4-6-11/h2-8H,9-10H2,1H3/b8-7+. The van der Waals surface area contributed by atoms with Crippen LogP contribution in [0.5, 0.6) is 0 Å². The molecule has 1 saturated heterocycles. The molecule has 0 bridgehead atoms. The second kappa shape index (κ2) is 4.90. The van der Waals surface area contributed by atoms with Gasteiger partial charge in [0.25, 0.3) is 0 Å². The molecule has 1 aliphatic rings. The van der Waals surface area contributed by atoms with Crippen molar-refractivity contribution in [1.82, 2.24) is 4.90 Å². The van der Waals surface area contributed by atoms with Crippen LogP contribution >= 0.6 is 11.6 Å². The van der Waals surface area contributed by atoms with Crippen molar-refractivity contribution in [3.05, 3.63) is 47.5 Å². The minimum absolute atomic E-state index is 0.405. The molecule has 1 fully saturated rings. The lowest BCUT2D eigenvalue weighted by molar-refractivity contribution is -0.147. The Morgan fingerprint density at radius 1 is 1.53 bits per heavy atom. The lowest BCUT2D eigenvalue weighted by Crippen LogP contribution is -2.21. The highest BCUT2D eigenvalue weighted by Crippen LogP contribution is 2.34. The lowest BCUT2D eigenvalue weighted by Gasteiger charge is -2.12.